The Morgan fingerprint density at radius 2 is 1.58 bits per heavy atom. The summed E-state index contributed by atoms with van der Waals surface area (Å²) in [5.74, 6) is -0.339. The highest BCUT2D eigenvalue weighted by molar-refractivity contribution is 7.87. The molecule has 9 heteroatoms. The fourth-order valence-electron chi connectivity index (χ4n) is 3.80. The minimum atomic E-state index is -4.68. The van der Waals surface area contributed by atoms with E-state index in [9.17, 15) is 26.4 Å². The van der Waals surface area contributed by atoms with Crippen LogP contribution >= 0.6 is 0 Å². The van der Waals surface area contributed by atoms with E-state index in [4.69, 9.17) is 4.18 Å². The maximum atomic E-state index is 13.4. The van der Waals surface area contributed by atoms with E-state index in [1.165, 1.54) is 12.1 Å². The molecule has 0 fully saturated rings. The van der Waals surface area contributed by atoms with Gasteiger partial charge in [-0.25, -0.2) is 0 Å². The normalized spacial score (nSPS) is 12.9. The predicted octanol–water partition coefficient (Wildman–Crippen LogP) is 6.40. The number of hydrogen-bond donors (Lipinski definition) is 0. The first-order valence-electron chi connectivity index (χ1n) is 11.5. The average Bonchev–Trinajstić information content (AvgIpc) is 2.84. The molecule has 0 aliphatic heterocycles. The smallest absolute Gasteiger partial charge is 0.379 e. The van der Waals surface area contributed by atoms with Crippen molar-refractivity contribution in [2.75, 3.05) is 0 Å². The maximum absolute atomic E-state index is 13.4. The average molecular weight is 520 g/mol. The Balaban J connectivity index is 1.75. The van der Waals surface area contributed by atoms with Crippen molar-refractivity contribution in [3.63, 3.8) is 0 Å². The Hall–Kier alpha value is -3.33. The second-order valence-electron chi connectivity index (χ2n) is 8.64. The van der Waals surface area contributed by atoms with Crippen molar-refractivity contribution >= 4 is 16.0 Å². The molecule has 36 heavy (non-hydrogen) atoms. The van der Waals surface area contributed by atoms with Crippen molar-refractivity contribution in [2.45, 2.75) is 56.8 Å². The number of rotatable bonds is 9. The summed E-state index contributed by atoms with van der Waals surface area (Å²) >= 11 is 0. The fraction of sp³-hybridized carbons (Fsp3) is 0.296. The first-order valence-corrected chi connectivity index (χ1v) is 12.9. The van der Waals surface area contributed by atoms with Gasteiger partial charge < -0.3 is 9.08 Å². The van der Waals surface area contributed by atoms with Gasteiger partial charge in [-0.1, -0.05) is 55.5 Å². The van der Waals surface area contributed by atoms with Gasteiger partial charge in [-0.2, -0.15) is 21.6 Å². The van der Waals surface area contributed by atoms with Gasteiger partial charge in [-0.05, 0) is 61.7 Å². The zero-order valence-corrected chi connectivity index (χ0v) is 21.0. The van der Waals surface area contributed by atoms with Crippen molar-refractivity contribution in [3.8, 4) is 5.75 Å². The van der Waals surface area contributed by atoms with Gasteiger partial charge in [0.25, 0.3) is 0 Å². The Labute approximate surface area is 209 Å². The van der Waals surface area contributed by atoms with Crippen molar-refractivity contribution in [3.05, 3.63) is 95.6 Å². The third kappa shape index (κ3) is 6.66. The Morgan fingerprint density at radius 1 is 0.944 bits per heavy atom. The summed E-state index contributed by atoms with van der Waals surface area (Å²) in [7, 11) is -4.47. The molecule has 3 aromatic rings. The number of nitrogens with zero attached hydrogens (tertiary/aromatic N) is 1. The number of carbonyl (C=O) groups is 1. The van der Waals surface area contributed by atoms with Crippen molar-refractivity contribution in [1.82, 2.24) is 4.90 Å². The second-order valence-corrected chi connectivity index (χ2v) is 10.2. The molecule has 3 rings (SSSR count). The molecule has 0 N–H and O–H groups in total. The van der Waals surface area contributed by atoms with Crippen LogP contribution in [-0.2, 0) is 27.6 Å². The van der Waals surface area contributed by atoms with Gasteiger partial charge in [0.2, 0.25) is 5.91 Å². The summed E-state index contributed by atoms with van der Waals surface area (Å²) in [6.07, 6.45) is -4.03. The van der Waals surface area contributed by atoms with E-state index in [-0.39, 0.29) is 23.6 Å². The van der Waals surface area contributed by atoms with Gasteiger partial charge in [-0.3, -0.25) is 4.79 Å². The summed E-state index contributed by atoms with van der Waals surface area (Å²) in [5.41, 5.74) is 0.616. The fourth-order valence-corrected chi connectivity index (χ4v) is 4.78. The molecule has 0 aliphatic carbocycles. The van der Waals surface area contributed by atoms with Crippen LogP contribution in [0.2, 0.25) is 0 Å². The van der Waals surface area contributed by atoms with Crippen molar-refractivity contribution < 1.29 is 30.6 Å². The lowest BCUT2D eigenvalue weighted by molar-refractivity contribution is -0.138. The van der Waals surface area contributed by atoms with Crippen LogP contribution in [-0.4, -0.2) is 25.3 Å². The minimum absolute atomic E-state index is 0.00819. The molecular formula is C27H28F3NO4S. The third-order valence-electron chi connectivity index (χ3n) is 5.75. The Kier molecular flexibility index (Phi) is 8.45. The van der Waals surface area contributed by atoms with Crippen LogP contribution in [0.25, 0.3) is 0 Å². The predicted molar refractivity (Wildman–Crippen MR) is 131 cm³/mol. The summed E-state index contributed by atoms with van der Waals surface area (Å²) < 4.78 is 68.9. The van der Waals surface area contributed by atoms with Crippen LogP contribution in [0, 0.1) is 0 Å². The van der Waals surface area contributed by atoms with Gasteiger partial charge in [0.05, 0.1) is 11.5 Å². The van der Waals surface area contributed by atoms with E-state index in [0.29, 0.717) is 19.0 Å². The zero-order valence-electron chi connectivity index (χ0n) is 20.2. The summed E-state index contributed by atoms with van der Waals surface area (Å²) in [4.78, 5) is 14.5. The SMILES string of the molecule is CCC(C(=O)N(Cc1ccc(OS(=O)(=O)c2cccc(C(F)(F)F)c2)cc1)C(C)C)c1ccccc1. The van der Waals surface area contributed by atoms with E-state index in [2.05, 4.69) is 0 Å². The van der Waals surface area contributed by atoms with Crippen LogP contribution < -0.4 is 4.18 Å². The molecule has 0 radical (unpaired) electrons. The van der Waals surface area contributed by atoms with E-state index in [1.807, 2.05) is 51.1 Å². The third-order valence-corrected chi connectivity index (χ3v) is 6.99. The molecular weight excluding hydrogens is 491 g/mol. The lowest BCUT2D eigenvalue weighted by Gasteiger charge is -2.31. The van der Waals surface area contributed by atoms with Crippen LogP contribution in [0.5, 0.6) is 5.75 Å². The van der Waals surface area contributed by atoms with Gasteiger partial charge in [0.15, 0.2) is 0 Å². The first kappa shape index (κ1) is 27.3. The zero-order chi connectivity index (χ0) is 26.5. The number of hydrogen-bond acceptors (Lipinski definition) is 4. The minimum Gasteiger partial charge on any atom is -0.379 e. The molecule has 0 saturated heterocycles. The Morgan fingerprint density at radius 3 is 2.14 bits per heavy atom. The van der Waals surface area contributed by atoms with Gasteiger partial charge in [0, 0.05) is 12.6 Å². The monoisotopic (exact) mass is 519 g/mol. The largest absolute Gasteiger partial charge is 0.416 e. The van der Waals surface area contributed by atoms with Gasteiger partial charge >= 0.3 is 16.3 Å². The summed E-state index contributed by atoms with van der Waals surface area (Å²) in [5, 5.41) is 0. The van der Waals surface area contributed by atoms with Crippen molar-refractivity contribution in [2.24, 2.45) is 0 Å². The van der Waals surface area contributed by atoms with Crippen LogP contribution in [0.1, 0.15) is 49.8 Å². The molecule has 3 aromatic carbocycles. The van der Waals surface area contributed by atoms with Crippen LogP contribution in [0.3, 0.4) is 0 Å². The molecule has 0 saturated carbocycles. The number of halogens is 3. The Bertz CT molecular complexity index is 1270. The van der Waals surface area contributed by atoms with Crippen LogP contribution in [0.15, 0.2) is 83.8 Å². The lowest BCUT2D eigenvalue weighted by Crippen LogP contribution is -2.39. The highest BCUT2D eigenvalue weighted by Crippen LogP contribution is 2.31. The molecule has 0 aromatic heterocycles. The van der Waals surface area contributed by atoms with E-state index < -0.39 is 26.8 Å². The topological polar surface area (TPSA) is 63.7 Å². The molecule has 1 unspecified atom stereocenters. The number of amides is 1. The van der Waals surface area contributed by atoms with Crippen LogP contribution in [0.4, 0.5) is 13.2 Å². The number of carbonyl (C=O) groups excluding carboxylic acids is 1. The molecule has 0 aliphatic rings. The molecule has 192 valence electrons. The summed E-state index contributed by atoms with van der Waals surface area (Å²) in [6, 6.07) is 19.0. The quantitative estimate of drug-likeness (QED) is 0.307. The number of alkyl halides is 3. The summed E-state index contributed by atoms with van der Waals surface area (Å²) in [6.45, 7) is 6.12. The molecule has 1 atom stereocenters. The second kappa shape index (κ2) is 11.2. The van der Waals surface area contributed by atoms with Crippen molar-refractivity contribution in [1.29, 1.82) is 0 Å². The van der Waals surface area contributed by atoms with Gasteiger partial charge in [-0.15, -0.1) is 0 Å². The molecule has 1 amide bonds. The molecule has 0 spiro atoms. The van der Waals surface area contributed by atoms with E-state index in [1.54, 1.807) is 17.0 Å². The number of benzene rings is 3. The standard InChI is InChI=1S/C27H28F3NO4S/c1-4-25(21-9-6-5-7-10-21)26(32)31(19(2)3)18-20-13-15-23(16-14-20)35-36(33,34)24-12-8-11-22(17-24)27(28,29)30/h5-17,19,25H,4,18H2,1-3H3. The molecule has 5 nitrogen and oxygen atoms in total. The lowest BCUT2D eigenvalue weighted by atomic mass is 9.94. The highest BCUT2D eigenvalue weighted by Gasteiger charge is 2.32. The maximum Gasteiger partial charge on any atom is 0.416 e. The highest BCUT2D eigenvalue weighted by atomic mass is 32.2. The molecule has 0 bridgehead atoms. The first-order chi connectivity index (χ1) is 16.9. The van der Waals surface area contributed by atoms with Gasteiger partial charge in [0.1, 0.15) is 10.6 Å². The molecule has 0 heterocycles. The van der Waals surface area contributed by atoms with E-state index >= 15 is 0 Å². The van der Waals surface area contributed by atoms with E-state index in [0.717, 1.165) is 29.3 Å².